The van der Waals surface area contributed by atoms with E-state index >= 15 is 0 Å². The first-order chi connectivity index (χ1) is 7.13. The molecule has 0 rings (SSSR count). The van der Waals surface area contributed by atoms with E-state index in [4.69, 9.17) is 4.74 Å². The Morgan fingerprint density at radius 1 is 1.33 bits per heavy atom. The largest absolute Gasteiger partial charge is 0.464 e. The Hall–Kier alpha value is -0.930. The number of ether oxygens (including phenoxy) is 1. The van der Waals surface area contributed by atoms with Gasteiger partial charge in [-0.1, -0.05) is 27.2 Å². The molecule has 4 heteroatoms. The maximum Gasteiger partial charge on any atom is 0.333 e. The van der Waals surface area contributed by atoms with Crippen LogP contribution < -0.4 is 0 Å². The molecule has 0 bridgehead atoms. The number of rotatable bonds is 7. The molecule has 0 amide bonds. The number of nitrogens with zero attached hydrogens (tertiary/aromatic N) is 2. The lowest BCUT2D eigenvalue weighted by atomic mass is 10.1. The summed E-state index contributed by atoms with van der Waals surface area (Å²) >= 11 is 0. The van der Waals surface area contributed by atoms with Crippen molar-refractivity contribution in [2.45, 2.75) is 46.6 Å². The third-order valence-electron chi connectivity index (χ3n) is 1.98. The predicted octanol–water partition coefficient (Wildman–Crippen LogP) is 2.83. The number of hydrogen-bond donors (Lipinski definition) is 0. The van der Waals surface area contributed by atoms with Crippen LogP contribution in [0.25, 0.3) is 0 Å². The van der Waals surface area contributed by atoms with Crippen molar-refractivity contribution in [3.05, 3.63) is 0 Å². The van der Waals surface area contributed by atoms with Crippen LogP contribution in [0.15, 0.2) is 10.2 Å². The molecular weight excluding hydrogens is 192 g/mol. The van der Waals surface area contributed by atoms with Crippen molar-refractivity contribution in [3.8, 4) is 0 Å². The van der Waals surface area contributed by atoms with Gasteiger partial charge in [0.15, 0.2) is 6.04 Å². The minimum absolute atomic E-state index is 0.134. The first-order valence-electron chi connectivity index (χ1n) is 5.66. The molecule has 0 saturated heterocycles. The van der Waals surface area contributed by atoms with Gasteiger partial charge in [0.2, 0.25) is 0 Å². The second-order valence-electron chi connectivity index (χ2n) is 3.77. The molecule has 0 N–H and O–H groups in total. The summed E-state index contributed by atoms with van der Waals surface area (Å²) in [4.78, 5) is 11.5. The molecule has 0 heterocycles. The van der Waals surface area contributed by atoms with Crippen molar-refractivity contribution in [2.75, 3.05) is 13.2 Å². The number of carbonyl (C=O) groups is 1. The summed E-state index contributed by atoms with van der Waals surface area (Å²) in [5, 5.41) is 8.04. The van der Waals surface area contributed by atoms with Gasteiger partial charge < -0.3 is 4.74 Å². The average molecular weight is 214 g/mol. The summed E-state index contributed by atoms with van der Waals surface area (Å²) in [6.07, 6.45) is 2.10. The van der Waals surface area contributed by atoms with Crippen LogP contribution >= 0.6 is 0 Å². The van der Waals surface area contributed by atoms with Gasteiger partial charge in [-0.15, -0.1) is 0 Å². The van der Waals surface area contributed by atoms with Gasteiger partial charge in [0, 0.05) is 0 Å². The van der Waals surface area contributed by atoms with Crippen molar-refractivity contribution in [3.63, 3.8) is 0 Å². The highest BCUT2D eigenvalue weighted by atomic mass is 16.5. The third-order valence-corrected chi connectivity index (χ3v) is 1.98. The molecule has 0 radical (unpaired) electrons. The van der Waals surface area contributed by atoms with Crippen molar-refractivity contribution in [2.24, 2.45) is 16.1 Å². The lowest BCUT2D eigenvalue weighted by Crippen LogP contribution is -2.26. The van der Waals surface area contributed by atoms with Crippen LogP contribution in [-0.4, -0.2) is 25.2 Å². The van der Waals surface area contributed by atoms with Gasteiger partial charge in [-0.2, -0.15) is 10.2 Å². The number of azo groups is 1. The minimum atomic E-state index is -0.443. The number of carbonyl (C=O) groups excluding carboxylic acids is 1. The zero-order valence-electron chi connectivity index (χ0n) is 10.2. The van der Waals surface area contributed by atoms with E-state index < -0.39 is 6.04 Å². The molecule has 1 atom stereocenters. The highest BCUT2D eigenvalue weighted by molar-refractivity contribution is 5.76. The molecule has 0 fully saturated rings. The van der Waals surface area contributed by atoms with E-state index in [0.717, 1.165) is 12.8 Å². The van der Waals surface area contributed by atoms with E-state index in [1.165, 1.54) is 0 Å². The predicted molar refractivity (Wildman–Crippen MR) is 59.9 cm³/mol. The minimum Gasteiger partial charge on any atom is -0.464 e. The summed E-state index contributed by atoms with van der Waals surface area (Å²) in [7, 11) is 0. The zero-order valence-corrected chi connectivity index (χ0v) is 10.2. The zero-order chi connectivity index (χ0) is 11.7. The van der Waals surface area contributed by atoms with Gasteiger partial charge in [0.05, 0.1) is 13.2 Å². The van der Waals surface area contributed by atoms with Gasteiger partial charge in [0.1, 0.15) is 0 Å². The fourth-order valence-corrected chi connectivity index (χ4v) is 1.05. The smallest absolute Gasteiger partial charge is 0.333 e. The van der Waals surface area contributed by atoms with E-state index in [1.54, 1.807) is 6.92 Å². The Kier molecular flexibility index (Phi) is 7.86. The topological polar surface area (TPSA) is 51.0 Å². The fraction of sp³-hybridized carbons (Fsp3) is 0.909. The summed E-state index contributed by atoms with van der Waals surface area (Å²) < 4.78 is 4.93. The third kappa shape index (κ3) is 6.20. The molecule has 0 spiro atoms. The van der Waals surface area contributed by atoms with Crippen molar-refractivity contribution >= 4 is 5.97 Å². The van der Waals surface area contributed by atoms with E-state index in [1.807, 2.05) is 13.8 Å². The van der Waals surface area contributed by atoms with E-state index in [0.29, 0.717) is 13.2 Å². The van der Waals surface area contributed by atoms with Gasteiger partial charge >= 0.3 is 5.97 Å². The van der Waals surface area contributed by atoms with Crippen LogP contribution in [0.5, 0.6) is 0 Å². The van der Waals surface area contributed by atoms with E-state index in [2.05, 4.69) is 17.2 Å². The highest BCUT2D eigenvalue weighted by Gasteiger charge is 2.22. The molecule has 4 nitrogen and oxygen atoms in total. The van der Waals surface area contributed by atoms with E-state index in [9.17, 15) is 4.79 Å². The highest BCUT2D eigenvalue weighted by Crippen LogP contribution is 2.09. The maximum atomic E-state index is 11.5. The molecule has 0 aromatic rings. The quantitative estimate of drug-likeness (QED) is 0.372. The van der Waals surface area contributed by atoms with Crippen LogP contribution in [-0.2, 0) is 9.53 Å². The Labute approximate surface area is 92.1 Å². The number of esters is 1. The second-order valence-corrected chi connectivity index (χ2v) is 3.77. The monoisotopic (exact) mass is 214 g/mol. The maximum absolute atomic E-state index is 11.5. The molecule has 88 valence electrons. The second kappa shape index (κ2) is 8.38. The first-order valence-corrected chi connectivity index (χ1v) is 5.66. The van der Waals surface area contributed by atoms with Crippen LogP contribution in [0.4, 0.5) is 0 Å². The van der Waals surface area contributed by atoms with Crippen LogP contribution in [0.1, 0.15) is 40.5 Å². The summed E-state index contributed by atoms with van der Waals surface area (Å²) in [6, 6.07) is -0.443. The molecule has 1 unspecified atom stereocenters. The van der Waals surface area contributed by atoms with Crippen LogP contribution in [0.3, 0.4) is 0 Å². The average Bonchev–Trinajstić information content (AvgIpc) is 2.17. The van der Waals surface area contributed by atoms with Crippen molar-refractivity contribution in [1.82, 2.24) is 0 Å². The normalized spacial score (nSPS) is 13.4. The summed E-state index contributed by atoms with van der Waals surface area (Å²) in [5.74, 6) is -0.137. The van der Waals surface area contributed by atoms with Gasteiger partial charge in [-0.25, -0.2) is 4.79 Å². The first kappa shape index (κ1) is 14.1. The Balaban J connectivity index is 4.15. The molecule has 0 aromatic heterocycles. The molecule has 0 aromatic carbocycles. The molecular formula is C11H22N2O2. The lowest BCUT2D eigenvalue weighted by Gasteiger charge is -2.13. The summed E-state index contributed by atoms with van der Waals surface area (Å²) in [6.45, 7) is 8.87. The van der Waals surface area contributed by atoms with Crippen LogP contribution in [0.2, 0.25) is 0 Å². The summed E-state index contributed by atoms with van der Waals surface area (Å²) in [5.41, 5.74) is 0. The number of unbranched alkanes of at least 4 members (excludes halogenated alkanes) is 1. The number of hydrogen-bond acceptors (Lipinski definition) is 4. The van der Waals surface area contributed by atoms with E-state index in [-0.39, 0.29) is 11.9 Å². The SMILES string of the molecule is CCCCN=NC(C(=O)OCC)C(C)C. The van der Waals surface area contributed by atoms with Crippen molar-refractivity contribution < 1.29 is 9.53 Å². The Bertz CT molecular complexity index is 203. The van der Waals surface area contributed by atoms with Gasteiger partial charge in [-0.05, 0) is 19.3 Å². The van der Waals surface area contributed by atoms with Crippen molar-refractivity contribution in [1.29, 1.82) is 0 Å². The van der Waals surface area contributed by atoms with Gasteiger partial charge in [-0.3, -0.25) is 0 Å². The lowest BCUT2D eigenvalue weighted by molar-refractivity contribution is -0.145. The Morgan fingerprint density at radius 3 is 2.47 bits per heavy atom. The molecule has 0 aliphatic heterocycles. The fourth-order valence-electron chi connectivity index (χ4n) is 1.05. The Morgan fingerprint density at radius 2 is 2.00 bits per heavy atom. The molecule has 0 aliphatic carbocycles. The standard InChI is InChI=1S/C11H22N2O2/c1-5-7-8-12-13-10(9(3)4)11(14)15-6-2/h9-10H,5-8H2,1-4H3. The molecule has 0 aliphatic rings. The van der Waals surface area contributed by atoms with Crippen LogP contribution in [0, 0.1) is 5.92 Å². The molecule has 0 saturated carbocycles. The van der Waals surface area contributed by atoms with Gasteiger partial charge in [0.25, 0.3) is 0 Å². The molecule has 15 heavy (non-hydrogen) atoms.